The highest BCUT2D eigenvalue weighted by atomic mass is 31.2. The van der Waals surface area contributed by atoms with E-state index in [1.807, 2.05) is 21.1 Å². The van der Waals surface area contributed by atoms with Crippen molar-refractivity contribution in [2.24, 2.45) is 0 Å². The summed E-state index contributed by atoms with van der Waals surface area (Å²) in [5, 5.41) is 0. The molecule has 0 bridgehead atoms. The largest absolute Gasteiger partial charge is 0.756 e. The van der Waals surface area contributed by atoms with E-state index in [0.29, 0.717) is 17.4 Å². The van der Waals surface area contributed by atoms with E-state index in [0.717, 1.165) is 32.1 Å². The van der Waals surface area contributed by atoms with Gasteiger partial charge in [0.2, 0.25) is 0 Å². The molecule has 0 aromatic heterocycles. The Morgan fingerprint density at radius 3 is 0.800 bits per heavy atom. The monoisotopic (exact) mass is 1150 g/mol. The maximum absolute atomic E-state index is 12.9. The molecule has 0 aliphatic heterocycles. The van der Waals surface area contributed by atoms with Crippen molar-refractivity contribution in [3.8, 4) is 0 Å². The summed E-state index contributed by atoms with van der Waals surface area (Å²) in [7, 11) is 1.20. The van der Waals surface area contributed by atoms with Gasteiger partial charge in [-0.15, -0.1) is 0 Å². The number of likely N-dealkylation sites (N-methyl/N-ethyl adjacent to an activating group) is 1. The lowest BCUT2D eigenvalue weighted by Gasteiger charge is -2.28. The quantitative estimate of drug-likeness (QED) is 0.0256. The molecule has 0 rings (SSSR count). The number of carbonyl (C=O) groups is 2. The van der Waals surface area contributed by atoms with Crippen LogP contribution in [-0.2, 0) is 32.7 Å². The van der Waals surface area contributed by atoms with Gasteiger partial charge in [0.25, 0.3) is 7.82 Å². The van der Waals surface area contributed by atoms with Crippen LogP contribution in [0.25, 0.3) is 0 Å². The molecule has 0 aliphatic carbocycles. The highest BCUT2D eigenvalue weighted by molar-refractivity contribution is 7.45. The van der Waals surface area contributed by atoms with Crippen LogP contribution in [0.15, 0.2) is 0 Å². The minimum atomic E-state index is -4.63. The molecule has 2 atom stereocenters. The summed E-state index contributed by atoms with van der Waals surface area (Å²) in [5.41, 5.74) is 0. The van der Waals surface area contributed by atoms with Gasteiger partial charge in [-0.05, 0) is 12.8 Å². The van der Waals surface area contributed by atoms with Crippen molar-refractivity contribution < 1.29 is 42.1 Å². The third kappa shape index (κ3) is 66.2. The first-order valence-electron chi connectivity index (χ1n) is 35.7. The third-order valence-corrected chi connectivity index (χ3v) is 17.6. The van der Waals surface area contributed by atoms with Crippen LogP contribution in [0.3, 0.4) is 0 Å². The first kappa shape index (κ1) is 79.0. The number of nitrogens with zero attached hydrogens (tertiary/aromatic N) is 1. The lowest BCUT2D eigenvalue weighted by Crippen LogP contribution is -2.37. The van der Waals surface area contributed by atoms with E-state index in [1.165, 1.54) is 321 Å². The van der Waals surface area contributed by atoms with E-state index in [1.54, 1.807) is 0 Å². The molecule has 2 unspecified atom stereocenters. The molecule has 0 radical (unpaired) electrons. The Kier molecular flexibility index (Phi) is 61.8. The standard InChI is InChI=1S/C70H140NO8P/c1-6-8-10-12-14-16-18-20-22-24-26-28-30-32-34-36-38-40-42-44-46-48-50-52-54-56-58-60-62-69(72)76-66-68(67-78-80(74,75)77-65-64-71(3,4)5)79-70(73)63-61-59-57-55-53-51-49-47-45-43-41-39-37-35-33-31-29-27-25-23-21-19-17-15-13-11-9-7-2/h68H,6-67H2,1-5H3. The molecular weight excluding hydrogens is 1010 g/mol. The van der Waals surface area contributed by atoms with E-state index < -0.39 is 26.5 Å². The summed E-state index contributed by atoms with van der Waals surface area (Å²) in [4.78, 5) is 38.1. The zero-order chi connectivity index (χ0) is 58.4. The lowest BCUT2D eigenvalue weighted by atomic mass is 10.0. The molecule has 478 valence electrons. The number of hydrogen-bond donors (Lipinski definition) is 0. The van der Waals surface area contributed by atoms with Crippen LogP contribution in [0.4, 0.5) is 0 Å². The molecule has 0 aromatic rings. The number of unbranched alkanes of at least 4 members (excludes halogenated alkanes) is 54. The molecule has 80 heavy (non-hydrogen) atoms. The molecule has 0 spiro atoms. The summed E-state index contributed by atoms with van der Waals surface area (Å²) in [5.74, 6) is -0.803. The SMILES string of the molecule is CCCCCCCCCCCCCCCCCCCCCCCCCCCCCCC(=O)OCC(COP(=O)([O-])OCC[N+](C)(C)C)OC(=O)CCCCCCCCCCCCCCCCCCCCCCCCCCCCCC. The van der Waals surface area contributed by atoms with E-state index in [2.05, 4.69) is 13.8 Å². The topological polar surface area (TPSA) is 111 Å². The normalized spacial score (nSPS) is 13.0. The number of ether oxygens (including phenoxy) is 2. The van der Waals surface area contributed by atoms with E-state index >= 15 is 0 Å². The number of hydrogen-bond acceptors (Lipinski definition) is 8. The minimum Gasteiger partial charge on any atom is -0.756 e. The smallest absolute Gasteiger partial charge is 0.306 e. The van der Waals surface area contributed by atoms with Gasteiger partial charge in [-0.25, -0.2) is 0 Å². The Morgan fingerprint density at radius 2 is 0.562 bits per heavy atom. The highest BCUT2D eigenvalue weighted by Gasteiger charge is 2.22. The molecule has 9 nitrogen and oxygen atoms in total. The molecule has 0 saturated heterocycles. The maximum Gasteiger partial charge on any atom is 0.306 e. The summed E-state index contributed by atoms with van der Waals surface area (Å²) < 4.78 is 34.4. The average Bonchev–Trinajstić information content (AvgIpc) is 3.42. The van der Waals surface area contributed by atoms with Gasteiger partial charge in [0.05, 0.1) is 27.7 Å². The molecule has 0 saturated carbocycles. The van der Waals surface area contributed by atoms with Crippen LogP contribution >= 0.6 is 7.82 Å². The number of rotatable bonds is 68. The van der Waals surface area contributed by atoms with Crippen molar-refractivity contribution in [2.45, 2.75) is 392 Å². The van der Waals surface area contributed by atoms with Crippen molar-refractivity contribution >= 4 is 19.8 Å². The van der Waals surface area contributed by atoms with Crippen molar-refractivity contribution in [3.63, 3.8) is 0 Å². The minimum absolute atomic E-state index is 0.0248. The molecular formula is C70H140NO8P. The first-order valence-corrected chi connectivity index (χ1v) is 37.2. The van der Waals surface area contributed by atoms with Gasteiger partial charge in [0.15, 0.2) is 6.10 Å². The maximum atomic E-state index is 12.9. The van der Waals surface area contributed by atoms with Gasteiger partial charge in [-0.2, -0.15) is 0 Å². The van der Waals surface area contributed by atoms with E-state index in [9.17, 15) is 19.0 Å². The fourth-order valence-electron chi connectivity index (χ4n) is 11.1. The van der Waals surface area contributed by atoms with Crippen LogP contribution in [0.1, 0.15) is 386 Å². The van der Waals surface area contributed by atoms with Crippen molar-refractivity contribution in [1.29, 1.82) is 0 Å². The van der Waals surface area contributed by atoms with Crippen LogP contribution in [0.2, 0.25) is 0 Å². The van der Waals surface area contributed by atoms with Crippen molar-refractivity contribution in [1.82, 2.24) is 0 Å². The summed E-state index contributed by atoms with van der Waals surface area (Å²) >= 11 is 0. The molecule has 0 aliphatic rings. The van der Waals surface area contributed by atoms with Gasteiger partial charge >= 0.3 is 11.9 Å². The molecule has 0 N–H and O–H groups in total. The third-order valence-electron chi connectivity index (χ3n) is 16.6. The van der Waals surface area contributed by atoms with Crippen LogP contribution < -0.4 is 4.89 Å². The summed E-state index contributed by atoms with van der Waals surface area (Å²) in [6.45, 7) is 4.34. The Hall–Kier alpha value is -0.990. The molecule has 10 heteroatoms. The molecule has 0 fully saturated rings. The van der Waals surface area contributed by atoms with Crippen molar-refractivity contribution in [3.05, 3.63) is 0 Å². The van der Waals surface area contributed by atoms with Gasteiger partial charge in [0, 0.05) is 12.8 Å². The summed E-state index contributed by atoms with van der Waals surface area (Å²) in [6, 6.07) is 0. The van der Waals surface area contributed by atoms with Gasteiger partial charge in [0.1, 0.15) is 19.8 Å². The van der Waals surface area contributed by atoms with Gasteiger partial charge in [-0.1, -0.05) is 361 Å². The second kappa shape index (κ2) is 62.5. The fourth-order valence-corrected chi connectivity index (χ4v) is 11.9. The van der Waals surface area contributed by atoms with Gasteiger partial charge in [-0.3, -0.25) is 14.2 Å². The number of carbonyl (C=O) groups excluding carboxylic acids is 2. The predicted octanol–water partition coefficient (Wildman–Crippen LogP) is 22.3. The fraction of sp³-hybridized carbons (Fsp3) is 0.971. The van der Waals surface area contributed by atoms with E-state index in [-0.39, 0.29) is 32.0 Å². The van der Waals surface area contributed by atoms with Crippen LogP contribution in [0.5, 0.6) is 0 Å². The van der Waals surface area contributed by atoms with Gasteiger partial charge < -0.3 is 27.9 Å². The Labute approximate surface area is 499 Å². The number of esters is 2. The first-order chi connectivity index (χ1) is 39.0. The zero-order valence-electron chi connectivity index (χ0n) is 54.6. The second-order valence-corrected chi connectivity index (χ2v) is 27.4. The van der Waals surface area contributed by atoms with E-state index in [4.69, 9.17) is 18.5 Å². The summed E-state index contributed by atoms with van der Waals surface area (Å²) in [6.07, 6.45) is 74.8. The average molecular weight is 1150 g/mol. The Bertz CT molecular complexity index is 1310. The molecule has 0 amide bonds. The van der Waals surface area contributed by atoms with Crippen molar-refractivity contribution in [2.75, 3.05) is 47.5 Å². The van der Waals surface area contributed by atoms with Crippen LogP contribution in [0, 0.1) is 0 Å². The lowest BCUT2D eigenvalue weighted by molar-refractivity contribution is -0.870. The molecule has 0 aromatic carbocycles. The molecule has 0 heterocycles. The number of quaternary nitrogens is 1. The number of phosphoric acid groups is 1. The Morgan fingerprint density at radius 1 is 0.338 bits per heavy atom. The second-order valence-electron chi connectivity index (χ2n) is 26.0. The predicted molar refractivity (Wildman–Crippen MR) is 342 cm³/mol. The Balaban J connectivity index is 3.96. The number of phosphoric ester groups is 1. The zero-order valence-corrected chi connectivity index (χ0v) is 55.5. The highest BCUT2D eigenvalue weighted by Crippen LogP contribution is 2.38. The van der Waals surface area contributed by atoms with Crippen LogP contribution in [-0.4, -0.2) is 70.0 Å².